The fraction of sp³-hybridized carbons (Fsp3) is 0.0667. The third-order valence-corrected chi connectivity index (χ3v) is 2.76. The lowest BCUT2D eigenvalue weighted by molar-refractivity contribution is -0.307. The lowest BCUT2D eigenvalue weighted by Gasteiger charge is -2.09. The molecule has 0 saturated carbocycles. The van der Waals surface area contributed by atoms with Crippen LogP contribution in [0.4, 0.5) is 5.69 Å². The Bertz CT molecular complexity index is 642. The van der Waals surface area contributed by atoms with Crippen LogP contribution in [0, 0.1) is 0 Å². The minimum absolute atomic E-state index is 0.420. The third kappa shape index (κ3) is 4.81. The molecule has 0 saturated heterocycles. The number of anilines is 1. The number of carbonyl (C=O) groups excluding carboxylic acids is 1. The van der Waals surface area contributed by atoms with Crippen LogP contribution in [0.2, 0.25) is 5.02 Å². The molecule has 0 aromatic heterocycles. The van der Waals surface area contributed by atoms with E-state index >= 15 is 0 Å². The minimum Gasteiger partial charge on any atom is -0.546 e. The van der Waals surface area contributed by atoms with E-state index in [2.05, 4.69) is 10.5 Å². The predicted octanol–water partition coefficient (Wildman–Crippen LogP) is 1.91. The number of ether oxygens (including phenoxy) is 1. The fourth-order valence-corrected chi connectivity index (χ4v) is 1.68. The van der Waals surface area contributed by atoms with Gasteiger partial charge >= 0.3 is 0 Å². The molecule has 0 aliphatic rings. The molecule has 0 fully saturated rings. The molecule has 0 bridgehead atoms. The molecule has 5 nitrogen and oxygen atoms in total. The SMILES string of the molecule is O=C([O-])COc1ccccc1/C=N\Nc1ccc(Cl)cc1. The molecule has 0 aliphatic carbocycles. The highest BCUT2D eigenvalue weighted by molar-refractivity contribution is 6.30. The molecule has 21 heavy (non-hydrogen) atoms. The van der Waals surface area contributed by atoms with Crippen molar-refractivity contribution in [2.45, 2.75) is 0 Å². The molecule has 0 atom stereocenters. The van der Waals surface area contributed by atoms with Crippen molar-refractivity contribution in [3.05, 3.63) is 59.1 Å². The second-order valence-corrected chi connectivity index (χ2v) is 4.51. The average Bonchev–Trinajstić information content (AvgIpc) is 2.48. The Kier molecular flexibility index (Phi) is 5.17. The number of hydrogen-bond acceptors (Lipinski definition) is 5. The highest BCUT2D eigenvalue weighted by Gasteiger charge is 2.00. The second-order valence-electron chi connectivity index (χ2n) is 4.08. The van der Waals surface area contributed by atoms with Crippen LogP contribution >= 0.6 is 11.6 Å². The molecule has 0 unspecified atom stereocenters. The van der Waals surface area contributed by atoms with Gasteiger partial charge in [0.05, 0.1) is 17.9 Å². The van der Waals surface area contributed by atoms with Gasteiger partial charge in [-0.25, -0.2) is 0 Å². The first-order valence-corrected chi connectivity index (χ1v) is 6.49. The van der Waals surface area contributed by atoms with E-state index in [4.69, 9.17) is 16.3 Å². The number of nitrogens with zero attached hydrogens (tertiary/aromatic N) is 1. The van der Waals surface area contributed by atoms with Crippen molar-refractivity contribution in [3.8, 4) is 5.75 Å². The van der Waals surface area contributed by atoms with Crippen LogP contribution in [0.15, 0.2) is 53.6 Å². The number of carbonyl (C=O) groups is 1. The minimum atomic E-state index is -1.28. The van der Waals surface area contributed by atoms with Crippen LogP contribution in [-0.4, -0.2) is 18.8 Å². The van der Waals surface area contributed by atoms with Crippen LogP contribution in [0.1, 0.15) is 5.56 Å². The summed E-state index contributed by atoms with van der Waals surface area (Å²) in [5.41, 5.74) is 4.27. The van der Waals surface area contributed by atoms with Crippen molar-refractivity contribution < 1.29 is 14.6 Å². The quantitative estimate of drug-likeness (QED) is 0.653. The molecule has 2 aromatic rings. The Morgan fingerprint density at radius 3 is 2.67 bits per heavy atom. The molecule has 6 heteroatoms. The van der Waals surface area contributed by atoms with Gasteiger partial charge in [-0.1, -0.05) is 23.7 Å². The van der Waals surface area contributed by atoms with Crippen LogP contribution in [0.3, 0.4) is 0 Å². The highest BCUT2D eigenvalue weighted by Crippen LogP contribution is 2.16. The normalized spacial score (nSPS) is 10.5. The van der Waals surface area contributed by atoms with Gasteiger partial charge in [0, 0.05) is 10.6 Å². The molecule has 0 spiro atoms. The first kappa shape index (κ1) is 14.9. The van der Waals surface area contributed by atoms with Gasteiger partial charge in [-0.2, -0.15) is 5.10 Å². The molecule has 2 rings (SSSR count). The topological polar surface area (TPSA) is 73.8 Å². The molecule has 0 amide bonds. The highest BCUT2D eigenvalue weighted by atomic mass is 35.5. The van der Waals surface area contributed by atoms with Crippen molar-refractivity contribution in [2.75, 3.05) is 12.0 Å². The smallest absolute Gasteiger partial charge is 0.128 e. The van der Waals surface area contributed by atoms with Crippen molar-refractivity contribution in [1.29, 1.82) is 0 Å². The van der Waals surface area contributed by atoms with E-state index in [-0.39, 0.29) is 0 Å². The van der Waals surface area contributed by atoms with E-state index in [1.165, 1.54) is 0 Å². The summed E-state index contributed by atoms with van der Waals surface area (Å²) in [6.07, 6.45) is 1.54. The third-order valence-electron chi connectivity index (χ3n) is 2.51. The number of nitrogens with one attached hydrogen (secondary N) is 1. The van der Waals surface area contributed by atoms with Gasteiger partial charge < -0.3 is 14.6 Å². The first-order valence-electron chi connectivity index (χ1n) is 6.11. The predicted molar refractivity (Wildman–Crippen MR) is 79.6 cm³/mol. The second kappa shape index (κ2) is 7.31. The van der Waals surface area contributed by atoms with E-state index in [9.17, 15) is 9.90 Å². The van der Waals surface area contributed by atoms with E-state index in [1.54, 1.807) is 54.7 Å². The number of benzene rings is 2. The molecular formula is C15H12ClN2O3-. The van der Waals surface area contributed by atoms with E-state index in [0.717, 1.165) is 5.69 Å². The van der Waals surface area contributed by atoms with Crippen molar-refractivity contribution in [3.63, 3.8) is 0 Å². The molecular weight excluding hydrogens is 292 g/mol. The number of carboxylic acids is 1. The van der Waals surface area contributed by atoms with Crippen molar-refractivity contribution in [1.82, 2.24) is 0 Å². The lowest BCUT2D eigenvalue weighted by Crippen LogP contribution is -2.29. The Labute approximate surface area is 126 Å². The Morgan fingerprint density at radius 2 is 1.95 bits per heavy atom. The van der Waals surface area contributed by atoms with Gasteiger partial charge in [-0.15, -0.1) is 0 Å². The summed E-state index contributed by atoms with van der Waals surface area (Å²) in [4.78, 5) is 10.4. The summed E-state index contributed by atoms with van der Waals surface area (Å²) in [6, 6.07) is 14.0. The monoisotopic (exact) mass is 303 g/mol. The number of rotatable bonds is 6. The fourth-order valence-electron chi connectivity index (χ4n) is 1.56. The maximum Gasteiger partial charge on any atom is 0.128 e. The molecule has 0 heterocycles. The Balaban J connectivity index is 2.03. The number of para-hydroxylation sites is 1. The summed E-state index contributed by atoms with van der Waals surface area (Å²) in [7, 11) is 0. The zero-order chi connectivity index (χ0) is 15.1. The summed E-state index contributed by atoms with van der Waals surface area (Å²) < 4.78 is 5.12. The summed E-state index contributed by atoms with van der Waals surface area (Å²) in [6.45, 7) is -0.504. The lowest BCUT2D eigenvalue weighted by atomic mass is 10.2. The first-order chi connectivity index (χ1) is 10.1. The number of halogens is 1. The number of carboxylic acid groups (broad SMARTS) is 1. The zero-order valence-corrected chi connectivity index (χ0v) is 11.7. The van der Waals surface area contributed by atoms with Gasteiger partial charge in [0.15, 0.2) is 0 Å². The van der Waals surface area contributed by atoms with Gasteiger partial charge in [-0.05, 0) is 36.4 Å². The van der Waals surface area contributed by atoms with Gasteiger partial charge in [0.25, 0.3) is 0 Å². The van der Waals surface area contributed by atoms with Crippen LogP contribution in [0.5, 0.6) is 5.75 Å². The number of hydrogen-bond donors (Lipinski definition) is 1. The van der Waals surface area contributed by atoms with E-state index in [1.807, 2.05) is 0 Å². The molecule has 1 N–H and O–H groups in total. The van der Waals surface area contributed by atoms with Gasteiger partial charge in [0.2, 0.25) is 0 Å². The summed E-state index contributed by atoms with van der Waals surface area (Å²) in [5.74, 6) is -0.857. The molecule has 0 radical (unpaired) electrons. The van der Waals surface area contributed by atoms with Crippen LogP contribution in [-0.2, 0) is 4.79 Å². The summed E-state index contributed by atoms with van der Waals surface area (Å²) >= 11 is 5.79. The maximum atomic E-state index is 10.4. The average molecular weight is 304 g/mol. The molecule has 0 aliphatic heterocycles. The Hall–Kier alpha value is -2.53. The zero-order valence-electron chi connectivity index (χ0n) is 11.0. The Morgan fingerprint density at radius 1 is 1.24 bits per heavy atom. The van der Waals surface area contributed by atoms with Gasteiger partial charge in [0.1, 0.15) is 12.4 Å². The number of hydrazone groups is 1. The maximum absolute atomic E-state index is 10.4. The number of aliphatic carboxylic acids is 1. The van der Waals surface area contributed by atoms with Crippen molar-refractivity contribution >= 4 is 29.5 Å². The van der Waals surface area contributed by atoms with E-state index in [0.29, 0.717) is 16.3 Å². The van der Waals surface area contributed by atoms with Crippen molar-refractivity contribution in [2.24, 2.45) is 5.10 Å². The van der Waals surface area contributed by atoms with Crippen LogP contribution in [0.25, 0.3) is 0 Å². The molecule has 108 valence electrons. The summed E-state index contributed by atoms with van der Waals surface area (Å²) in [5, 5.41) is 15.1. The molecule has 2 aromatic carbocycles. The van der Waals surface area contributed by atoms with E-state index < -0.39 is 12.6 Å². The standard InChI is InChI=1S/C15H13ClN2O3/c16-12-5-7-13(8-6-12)18-17-9-11-3-1-2-4-14(11)21-10-15(19)20/h1-9,18H,10H2,(H,19,20)/p-1/b17-9-. The van der Waals surface area contributed by atoms with Gasteiger partial charge in [-0.3, -0.25) is 5.43 Å². The largest absolute Gasteiger partial charge is 0.546 e. The van der Waals surface area contributed by atoms with Crippen LogP contribution < -0.4 is 15.3 Å².